The number of aromatic nitrogens is 1. The van der Waals surface area contributed by atoms with Crippen LogP contribution in [0.2, 0.25) is 0 Å². The van der Waals surface area contributed by atoms with Crippen molar-refractivity contribution in [2.45, 2.75) is 38.8 Å². The third kappa shape index (κ3) is 4.17. The van der Waals surface area contributed by atoms with E-state index in [0.717, 1.165) is 35.9 Å². The van der Waals surface area contributed by atoms with Crippen LogP contribution in [0.25, 0.3) is 0 Å². The maximum atomic E-state index is 13.0. The van der Waals surface area contributed by atoms with Gasteiger partial charge in [-0.25, -0.2) is 4.98 Å². The number of carbonyl (C=O) groups excluding carboxylic acids is 1. The fourth-order valence-electron chi connectivity index (χ4n) is 4.41. The minimum atomic E-state index is 0.0704. The van der Waals surface area contributed by atoms with Gasteiger partial charge in [-0.3, -0.25) is 9.69 Å². The van der Waals surface area contributed by atoms with Crippen molar-refractivity contribution in [1.82, 2.24) is 14.8 Å². The van der Waals surface area contributed by atoms with Crippen LogP contribution in [-0.2, 0) is 25.9 Å². The molecule has 0 atom stereocenters. The lowest BCUT2D eigenvalue weighted by Crippen LogP contribution is -2.35. The maximum absolute atomic E-state index is 13.0. The third-order valence-corrected chi connectivity index (χ3v) is 6.06. The lowest BCUT2D eigenvalue weighted by atomic mass is 10.1. The van der Waals surface area contributed by atoms with Gasteiger partial charge in [0.2, 0.25) is 0 Å². The van der Waals surface area contributed by atoms with E-state index in [4.69, 9.17) is 4.42 Å². The van der Waals surface area contributed by atoms with Gasteiger partial charge in [-0.15, -0.1) is 0 Å². The Bertz CT molecular complexity index is 1000. The van der Waals surface area contributed by atoms with Crippen LogP contribution >= 0.6 is 0 Å². The molecule has 1 aromatic heterocycles. The first-order valence-corrected chi connectivity index (χ1v) is 10.9. The first-order chi connectivity index (χ1) is 14.7. The molecule has 2 aromatic carbocycles. The summed E-state index contributed by atoms with van der Waals surface area (Å²) in [4.78, 5) is 22.1. The Hall–Kier alpha value is -2.92. The second-order valence-electron chi connectivity index (χ2n) is 8.30. The molecular formula is C25H27N3O2. The van der Waals surface area contributed by atoms with Crippen molar-refractivity contribution in [3.63, 3.8) is 0 Å². The Morgan fingerprint density at radius 2 is 1.70 bits per heavy atom. The van der Waals surface area contributed by atoms with Crippen LogP contribution in [0.4, 0.5) is 0 Å². The topological polar surface area (TPSA) is 49.6 Å². The first-order valence-electron chi connectivity index (χ1n) is 10.9. The molecule has 0 aliphatic carbocycles. The number of nitrogens with zero attached hydrogens (tertiary/aromatic N) is 3. The van der Waals surface area contributed by atoms with Gasteiger partial charge in [-0.1, -0.05) is 42.5 Å². The summed E-state index contributed by atoms with van der Waals surface area (Å²) in [6, 6.07) is 18.3. The Morgan fingerprint density at radius 3 is 2.47 bits per heavy atom. The van der Waals surface area contributed by atoms with Gasteiger partial charge < -0.3 is 9.32 Å². The number of likely N-dealkylation sites (tertiary alicyclic amines) is 1. The van der Waals surface area contributed by atoms with E-state index in [0.29, 0.717) is 19.5 Å². The number of hydrogen-bond donors (Lipinski definition) is 0. The predicted molar refractivity (Wildman–Crippen MR) is 115 cm³/mol. The molecule has 1 amide bonds. The molecule has 1 fully saturated rings. The number of fused-ring (bicyclic) bond motifs is 1. The molecule has 0 radical (unpaired) electrons. The van der Waals surface area contributed by atoms with Crippen LogP contribution in [0.15, 0.2) is 59.0 Å². The normalized spacial score (nSPS) is 16.6. The van der Waals surface area contributed by atoms with E-state index in [1.807, 2.05) is 35.2 Å². The number of carbonyl (C=O) groups is 1. The number of rotatable bonds is 5. The fourth-order valence-corrected chi connectivity index (χ4v) is 4.41. The highest BCUT2D eigenvalue weighted by Gasteiger charge is 2.26. The Kier molecular flexibility index (Phi) is 5.37. The Labute approximate surface area is 177 Å². The molecule has 154 valence electrons. The van der Waals surface area contributed by atoms with Gasteiger partial charge in [0.25, 0.3) is 5.91 Å². The summed E-state index contributed by atoms with van der Waals surface area (Å²) in [6.07, 6.45) is 3.99. The predicted octanol–water partition coefficient (Wildman–Crippen LogP) is 4.06. The fraction of sp³-hybridized carbons (Fsp3) is 0.360. The zero-order valence-electron chi connectivity index (χ0n) is 17.2. The monoisotopic (exact) mass is 401 g/mol. The van der Waals surface area contributed by atoms with Crippen molar-refractivity contribution in [2.24, 2.45) is 0 Å². The molecule has 2 aliphatic heterocycles. The zero-order chi connectivity index (χ0) is 20.3. The van der Waals surface area contributed by atoms with Crippen LogP contribution in [-0.4, -0.2) is 40.3 Å². The van der Waals surface area contributed by atoms with E-state index in [-0.39, 0.29) is 5.91 Å². The quantitative estimate of drug-likeness (QED) is 0.647. The summed E-state index contributed by atoms with van der Waals surface area (Å²) in [5.41, 5.74) is 4.09. The summed E-state index contributed by atoms with van der Waals surface area (Å²) in [5.74, 6) is 1.72. The molecule has 5 heteroatoms. The number of benzene rings is 2. The van der Waals surface area contributed by atoms with Gasteiger partial charge in [0, 0.05) is 31.5 Å². The van der Waals surface area contributed by atoms with E-state index >= 15 is 0 Å². The zero-order valence-corrected chi connectivity index (χ0v) is 17.2. The molecule has 30 heavy (non-hydrogen) atoms. The Morgan fingerprint density at radius 1 is 0.933 bits per heavy atom. The van der Waals surface area contributed by atoms with Crippen LogP contribution in [0.5, 0.6) is 0 Å². The highest BCUT2D eigenvalue weighted by atomic mass is 16.4. The number of amides is 1. The molecule has 0 spiro atoms. The minimum Gasteiger partial charge on any atom is -0.445 e. The molecule has 0 N–H and O–H groups in total. The van der Waals surface area contributed by atoms with Gasteiger partial charge in [0.15, 0.2) is 5.89 Å². The smallest absolute Gasteiger partial charge is 0.254 e. The SMILES string of the molecule is O=C(c1ccc(CN2CCCC2)cc1)N1CCc2oc(Cc3ccccc3)nc2C1. The number of oxazole rings is 1. The van der Waals surface area contributed by atoms with E-state index in [2.05, 4.69) is 34.1 Å². The summed E-state index contributed by atoms with van der Waals surface area (Å²) < 4.78 is 5.97. The second-order valence-corrected chi connectivity index (χ2v) is 8.30. The van der Waals surface area contributed by atoms with Crippen molar-refractivity contribution in [2.75, 3.05) is 19.6 Å². The van der Waals surface area contributed by atoms with E-state index in [1.54, 1.807) is 0 Å². The molecular weight excluding hydrogens is 374 g/mol. The summed E-state index contributed by atoms with van der Waals surface area (Å²) in [7, 11) is 0. The van der Waals surface area contributed by atoms with Crippen molar-refractivity contribution in [3.05, 3.63) is 88.6 Å². The first kappa shape index (κ1) is 19.1. The van der Waals surface area contributed by atoms with Crippen LogP contribution in [0.1, 0.15) is 51.7 Å². The van der Waals surface area contributed by atoms with Gasteiger partial charge in [0.1, 0.15) is 11.5 Å². The molecule has 5 nitrogen and oxygen atoms in total. The van der Waals surface area contributed by atoms with Gasteiger partial charge >= 0.3 is 0 Å². The molecule has 5 rings (SSSR count). The second kappa shape index (κ2) is 8.44. The van der Waals surface area contributed by atoms with Gasteiger partial charge in [-0.05, 0) is 49.2 Å². The van der Waals surface area contributed by atoms with Crippen molar-refractivity contribution < 1.29 is 9.21 Å². The lowest BCUT2D eigenvalue weighted by Gasteiger charge is -2.25. The average Bonchev–Trinajstić information content (AvgIpc) is 3.43. The molecule has 0 saturated carbocycles. The van der Waals surface area contributed by atoms with E-state index in [1.165, 1.54) is 37.1 Å². The molecule has 0 bridgehead atoms. The van der Waals surface area contributed by atoms with Crippen LogP contribution in [0, 0.1) is 0 Å². The summed E-state index contributed by atoms with van der Waals surface area (Å²) in [5, 5.41) is 0. The molecule has 3 aromatic rings. The van der Waals surface area contributed by atoms with Crippen LogP contribution in [0.3, 0.4) is 0 Å². The van der Waals surface area contributed by atoms with E-state index in [9.17, 15) is 4.79 Å². The summed E-state index contributed by atoms with van der Waals surface area (Å²) in [6.45, 7) is 4.52. The standard InChI is InChI=1S/C25H27N3O2/c29-25(21-10-8-20(9-11-21)17-27-13-4-5-14-27)28-15-12-23-22(18-28)26-24(30-23)16-19-6-2-1-3-7-19/h1-3,6-11H,4-5,12-18H2. The number of hydrogen-bond acceptors (Lipinski definition) is 4. The largest absolute Gasteiger partial charge is 0.445 e. The maximum Gasteiger partial charge on any atom is 0.254 e. The highest BCUT2D eigenvalue weighted by molar-refractivity contribution is 5.94. The van der Waals surface area contributed by atoms with Crippen molar-refractivity contribution in [3.8, 4) is 0 Å². The Balaban J connectivity index is 1.23. The van der Waals surface area contributed by atoms with Gasteiger partial charge in [-0.2, -0.15) is 0 Å². The van der Waals surface area contributed by atoms with Crippen molar-refractivity contribution >= 4 is 5.91 Å². The molecule has 1 saturated heterocycles. The van der Waals surface area contributed by atoms with E-state index < -0.39 is 0 Å². The highest BCUT2D eigenvalue weighted by Crippen LogP contribution is 2.23. The molecule has 3 heterocycles. The van der Waals surface area contributed by atoms with Crippen molar-refractivity contribution in [1.29, 1.82) is 0 Å². The third-order valence-electron chi connectivity index (χ3n) is 6.06. The lowest BCUT2D eigenvalue weighted by molar-refractivity contribution is 0.0728. The molecule has 2 aliphatic rings. The molecule has 0 unspecified atom stereocenters. The minimum absolute atomic E-state index is 0.0704. The van der Waals surface area contributed by atoms with Gasteiger partial charge in [0.05, 0.1) is 6.54 Å². The van der Waals surface area contributed by atoms with Crippen LogP contribution < -0.4 is 0 Å². The average molecular weight is 402 g/mol. The summed E-state index contributed by atoms with van der Waals surface area (Å²) >= 11 is 0.